The summed E-state index contributed by atoms with van der Waals surface area (Å²) >= 11 is 1.74. The topological polar surface area (TPSA) is 37.8 Å². The number of aromatic nitrogens is 2. The van der Waals surface area contributed by atoms with Crippen LogP contribution >= 0.6 is 11.3 Å². The maximum atomic E-state index is 4.45. The van der Waals surface area contributed by atoms with E-state index in [1.165, 1.54) is 28.8 Å². The summed E-state index contributed by atoms with van der Waals surface area (Å²) in [5.74, 6) is 0. The second-order valence-corrected chi connectivity index (χ2v) is 5.61. The molecule has 3 nitrogen and oxygen atoms in total. The molecule has 0 aliphatic rings. The maximum Gasteiger partial charge on any atom is 0.127 e. The Hall–Kier alpha value is -1.00. The number of likely N-dealkylation sites (N-methyl/N-ethyl adjacent to an activating group) is 1. The van der Waals surface area contributed by atoms with Gasteiger partial charge in [-0.2, -0.15) is 0 Å². The summed E-state index contributed by atoms with van der Waals surface area (Å²) in [6.07, 6.45) is 5.05. The molecule has 0 aliphatic heterocycles. The van der Waals surface area contributed by atoms with E-state index in [9.17, 15) is 0 Å². The van der Waals surface area contributed by atoms with Crippen LogP contribution in [0, 0.1) is 6.92 Å². The number of nitrogens with one attached hydrogen (secondary N) is 1. The Balaban J connectivity index is 2.28. The van der Waals surface area contributed by atoms with Gasteiger partial charge in [-0.05, 0) is 26.5 Å². The Morgan fingerprint density at radius 3 is 2.94 bits per heavy atom. The molecule has 0 fully saturated rings. The molecular formula is C13H19N3S. The normalized spacial score (nSPS) is 13.1. The van der Waals surface area contributed by atoms with Gasteiger partial charge >= 0.3 is 0 Å². The molecule has 1 unspecified atom stereocenters. The van der Waals surface area contributed by atoms with E-state index in [0.717, 1.165) is 11.3 Å². The van der Waals surface area contributed by atoms with Gasteiger partial charge in [0.2, 0.25) is 0 Å². The van der Waals surface area contributed by atoms with Gasteiger partial charge < -0.3 is 5.32 Å². The lowest BCUT2D eigenvalue weighted by Gasteiger charge is -2.14. The van der Waals surface area contributed by atoms with E-state index in [2.05, 4.69) is 35.2 Å². The van der Waals surface area contributed by atoms with Crippen molar-refractivity contribution < 1.29 is 0 Å². The number of hydrogen-bond donors (Lipinski definition) is 1. The van der Waals surface area contributed by atoms with Crippen molar-refractivity contribution in [1.29, 1.82) is 0 Å². The van der Waals surface area contributed by atoms with Crippen LogP contribution in [-0.4, -0.2) is 23.1 Å². The second-order valence-electron chi connectivity index (χ2n) is 4.37. The third kappa shape index (κ3) is 2.82. The average Bonchev–Trinajstić information content (AvgIpc) is 2.70. The van der Waals surface area contributed by atoms with Gasteiger partial charge in [-0.3, -0.25) is 0 Å². The Bertz CT molecular complexity index is 492. The second kappa shape index (κ2) is 5.56. The maximum absolute atomic E-state index is 4.45. The van der Waals surface area contributed by atoms with Gasteiger partial charge in [0.05, 0.1) is 5.69 Å². The minimum Gasteiger partial charge on any atom is -0.317 e. The molecule has 0 amide bonds. The third-order valence-electron chi connectivity index (χ3n) is 3.02. The fourth-order valence-electron chi connectivity index (χ4n) is 2.12. The zero-order valence-electron chi connectivity index (χ0n) is 10.7. The summed E-state index contributed by atoms with van der Waals surface area (Å²) in [4.78, 5) is 11.2. The minimum absolute atomic E-state index is 0.512. The van der Waals surface area contributed by atoms with E-state index in [1.807, 2.05) is 7.05 Å². The zero-order valence-corrected chi connectivity index (χ0v) is 11.5. The highest BCUT2D eigenvalue weighted by molar-refractivity contribution is 7.18. The molecule has 2 aromatic rings. The van der Waals surface area contributed by atoms with Crippen molar-refractivity contribution in [1.82, 2.24) is 15.3 Å². The molecule has 0 saturated carbocycles. The van der Waals surface area contributed by atoms with E-state index in [1.54, 1.807) is 17.7 Å². The number of rotatable bonds is 5. The van der Waals surface area contributed by atoms with E-state index in [4.69, 9.17) is 0 Å². The molecule has 1 atom stereocenters. The van der Waals surface area contributed by atoms with Gasteiger partial charge in [-0.25, -0.2) is 9.97 Å². The summed E-state index contributed by atoms with van der Waals surface area (Å²) in [7, 11) is 2.03. The van der Waals surface area contributed by atoms with Gasteiger partial charge in [0.15, 0.2) is 0 Å². The lowest BCUT2D eigenvalue weighted by molar-refractivity contribution is 0.510. The van der Waals surface area contributed by atoms with E-state index < -0.39 is 0 Å². The van der Waals surface area contributed by atoms with Crippen LogP contribution < -0.4 is 5.32 Å². The van der Waals surface area contributed by atoms with E-state index >= 15 is 0 Å². The van der Waals surface area contributed by atoms with Crippen molar-refractivity contribution >= 4 is 21.6 Å². The molecule has 2 rings (SSSR count). The largest absolute Gasteiger partial charge is 0.317 e. The Kier molecular flexibility index (Phi) is 4.07. The first-order valence-corrected chi connectivity index (χ1v) is 6.93. The van der Waals surface area contributed by atoms with Crippen LogP contribution in [-0.2, 0) is 6.42 Å². The first kappa shape index (κ1) is 12.5. The van der Waals surface area contributed by atoms with Crippen molar-refractivity contribution in [3.05, 3.63) is 23.0 Å². The molecule has 92 valence electrons. The fourth-order valence-corrected chi connectivity index (χ4v) is 2.99. The van der Waals surface area contributed by atoms with Crippen LogP contribution in [0.25, 0.3) is 10.2 Å². The lowest BCUT2D eigenvalue weighted by atomic mass is 10.0. The summed E-state index contributed by atoms with van der Waals surface area (Å²) < 4.78 is 0. The lowest BCUT2D eigenvalue weighted by Crippen LogP contribution is -2.27. The highest BCUT2D eigenvalue weighted by Gasteiger charge is 2.11. The highest BCUT2D eigenvalue weighted by atomic mass is 32.1. The van der Waals surface area contributed by atoms with E-state index in [-0.39, 0.29) is 0 Å². The van der Waals surface area contributed by atoms with Gasteiger partial charge in [-0.1, -0.05) is 13.3 Å². The van der Waals surface area contributed by atoms with Crippen LogP contribution in [0.5, 0.6) is 0 Å². The quantitative estimate of drug-likeness (QED) is 0.885. The Morgan fingerprint density at radius 1 is 1.41 bits per heavy atom. The molecule has 2 aromatic heterocycles. The highest BCUT2D eigenvalue weighted by Crippen LogP contribution is 2.25. The molecule has 2 heterocycles. The summed E-state index contributed by atoms with van der Waals surface area (Å²) in [5.41, 5.74) is 1.17. The monoisotopic (exact) mass is 249 g/mol. The predicted octanol–water partition coefficient (Wildman–Crippen LogP) is 2.93. The number of aryl methyl sites for hydroxylation is 1. The number of hydrogen-bond acceptors (Lipinski definition) is 4. The SMILES string of the molecule is CCCC(Cc1ncnc2sc(C)cc12)NC. The average molecular weight is 249 g/mol. The standard InChI is InChI=1S/C13H19N3S/c1-4-5-10(14-3)7-12-11-6-9(2)17-13(11)16-8-15-12/h6,8,10,14H,4-5,7H2,1-3H3. The predicted molar refractivity (Wildman–Crippen MR) is 73.6 cm³/mol. The van der Waals surface area contributed by atoms with Crippen molar-refractivity contribution in [3.8, 4) is 0 Å². The van der Waals surface area contributed by atoms with Crippen LogP contribution in [0.1, 0.15) is 30.3 Å². The zero-order chi connectivity index (χ0) is 12.3. The van der Waals surface area contributed by atoms with Gasteiger partial charge in [0, 0.05) is 22.7 Å². The van der Waals surface area contributed by atoms with Crippen LogP contribution in [0.4, 0.5) is 0 Å². The first-order chi connectivity index (χ1) is 8.24. The Morgan fingerprint density at radius 2 is 2.24 bits per heavy atom. The van der Waals surface area contributed by atoms with Crippen LogP contribution in [0.15, 0.2) is 12.4 Å². The van der Waals surface area contributed by atoms with Gasteiger partial charge in [0.25, 0.3) is 0 Å². The molecule has 17 heavy (non-hydrogen) atoms. The summed E-state index contributed by atoms with van der Waals surface area (Å²) in [6.45, 7) is 4.34. The van der Waals surface area contributed by atoms with E-state index in [0.29, 0.717) is 6.04 Å². The number of nitrogens with zero attached hydrogens (tertiary/aromatic N) is 2. The molecule has 0 radical (unpaired) electrons. The molecule has 0 aliphatic carbocycles. The van der Waals surface area contributed by atoms with Crippen molar-refractivity contribution in [2.45, 2.75) is 39.2 Å². The number of thiophene rings is 1. The third-order valence-corrected chi connectivity index (χ3v) is 3.98. The summed E-state index contributed by atoms with van der Waals surface area (Å²) in [5, 5.41) is 4.59. The van der Waals surface area contributed by atoms with Crippen LogP contribution in [0.2, 0.25) is 0 Å². The minimum atomic E-state index is 0.512. The Labute approximate surface area is 106 Å². The van der Waals surface area contributed by atoms with Gasteiger partial charge in [-0.15, -0.1) is 11.3 Å². The molecule has 0 spiro atoms. The smallest absolute Gasteiger partial charge is 0.127 e. The van der Waals surface area contributed by atoms with Crippen molar-refractivity contribution in [3.63, 3.8) is 0 Å². The molecule has 0 saturated heterocycles. The first-order valence-electron chi connectivity index (χ1n) is 6.12. The number of fused-ring (bicyclic) bond motifs is 1. The summed E-state index contributed by atoms with van der Waals surface area (Å²) in [6, 6.07) is 2.71. The molecule has 0 aromatic carbocycles. The van der Waals surface area contributed by atoms with Crippen molar-refractivity contribution in [2.24, 2.45) is 0 Å². The molecule has 1 N–H and O–H groups in total. The molecule has 4 heteroatoms. The fraction of sp³-hybridized carbons (Fsp3) is 0.538. The van der Waals surface area contributed by atoms with Crippen molar-refractivity contribution in [2.75, 3.05) is 7.05 Å². The molecular weight excluding hydrogens is 230 g/mol. The molecule has 0 bridgehead atoms. The van der Waals surface area contributed by atoms with Crippen LogP contribution in [0.3, 0.4) is 0 Å². The van der Waals surface area contributed by atoms with Gasteiger partial charge in [0.1, 0.15) is 11.2 Å².